The smallest absolute Gasteiger partial charge is 0.257 e. The lowest BCUT2D eigenvalue weighted by Crippen LogP contribution is -2.15. The molecule has 0 atom stereocenters. The number of para-hydroxylation sites is 2. The number of benzene rings is 2. The monoisotopic (exact) mass is 358 g/mol. The summed E-state index contributed by atoms with van der Waals surface area (Å²) >= 11 is 1.25. The van der Waals surface area contributed by atoms with Gasteiger partial charge in [-0.15, -0.1) is 0 Å². The molecule has 0 spiro atoms. The minimum Gasteiger partial charge on any atom is -0.493 e. The molecule has 25 heavy (non-hydrogen) atoms. The third kappa shape index (κ3) is 3.88. The van der Waals surface area contributed by atoms with Crippen molar-refractivity contribution in [1.82, 2.24) is 4.98 Å². The summed E-state index contributed by atoms with van der Waals surface area (Å²) in [6, 6.07) is 11.1. The fourth-order valence-corrected chi connectivity index (χ4v) is 2.98. The molecule has 0 fully saturated rings. The molecule has 0 saturated heterocycles. The van der Waals surface area contributed by atoms with Gasteiger partial charge >= 0.3 is 0 Å². The van der Waals surface area contributed by atoms with Gasteiger partial charge in [0.15, 0.2) is 17.1 Å². The number of hydrogen-bond acceptors (Lipinski definition) is 6. The molecule has 1 heterocycles. The number of ether oxygens (including phenoxy) is 2. The molecule has 0 aliphatic rings. The zero-order chi connectivity index (χ0) is 17.8. The molecule has 1 amide bonds. The van der Waals surface area contributed by atoms with E-state index in [4.69, 9.17) is 13.9 Å². The van der Waals surface area contributed by atoms with Gasteiger partial charge in [-0.2, -0.15) is 0 Å². The normalized spacial score (nSPS) is 10.7. The van der Waals surface area contributed by atoms with Crippen LogP contribution in [0.1, 0.15) is 5.56 Å². The molecule has 1 aromatic heterocycles. The second-order valence-corrected chi connectivity index (χ2v) is 6.23. The Morgan fingerprint density at radius 3 is 2.64 bits per heavy atom. The number of thioether (sulfide) groups is 1. The minimum absolute atomic E-state index is 0.150. The van der Waals surface area contributed by atoms with E-state index in [1.807, 2.05) is 37.3 Å². The number of nitrogens with zero attached hydrogens (tertiary/aromatic N) is 1. The van der Waals surface area contributed by atoms with E-state index in [-0.39, 0.29) is 11.7 Å². The summed E-state index contributed by atoms with van der Waals surface area (Å²) in [4.78, 5) is 16.6. The summed E-state index contributed by atoms with van der Waals surface area (Å²) < 4.78 is 16.1. The molecule has 130 valence electrons. The van der Waals surface area contributed by atoms with Crippen molar-refractivity contribution in [3.05, 3.63) is 42.0 Å². The van der Waals surface area contributed by atoms with Crippen LogP contribution in [-0.2, 0) is 4.79 Å². The Labute approximate surface area is 149 Å². The molecule has 0 unspecified atom stereocenters. The van der Waals surface area contributed by atoms with Crippen molar-refractivity contribution in [2.75, 3.05) is 25.3 Å². The van der Waals surface area contributed by atoms with Crippen molar-refractivity contribution in [3.8, 4) is 11.5 Å². The Morgan fingerprint density at radius 1 is 1.20 bits per heavy atom. The largest absolute Gasteiger partial charge is 0.493 e. The number of hydrogen-bond donors (Lipinski definition) is 1. The first kappa shape index (κ1) is 17.2. The second-order valence-electron chi connectivity index (χ2n) is 5.31. The van der Waals surface area contributed by atoms with E-state index in [1.54, 1.807) is 20.3 Å². The van der Waals surface area contributed by atoms with Crippen LogP contribution in [0.5, 0.6) is 11.5 Å². The molecule has 3 aromatic rings. The molecule has 0 aliphatic carbocycles. The number of oxazole rings is 1. The maximum atomic E-state index is 12.2. The third-order valence-corrected chi connectivity index (χ3v) is 4.43. The quantitative estimate of drug-likeness (QED) is 0.674. The number of carbonyl (C=O) groups is 1. The van der Waals surface area contributed by atoms with E-state index in [0.29, 0.717) is 28.0 Å². The van der Waals surface area contributed by atoms with Crippen molar-refractivity contribution >= 4 is 34.5 Å². The molecule has 2 aromatic carbocycles. The number of amides is 1. The van der Waals surface area contributed by atoms with Gasteiger partial charge in [0.2, 0.25) is 5.91 Å². The van der Waals surface area contributed by atoms with Gasteiger partial charge in [-0.25, -0.2) is 4.98 Å². The summed E-state index contributed by atoms with van der Waals surface area (Å²) in [6.07, 6.45) is 0. The zero-order valence-corrected chi connectivity index (χ0v) is 15.0. The van der Waals surface area contributed by atoms with Crippen LogP contribution in [0.25, 0.3) is 11.1 Å². The topological polar surface area (TPSA) is 73.6 Å². The summed E-state index contributed by atoms with van der Waals surface area (Å²) in [5.41, 5.74) is 3.06. The summed E-state index contributed by atoms with van der Waals surface area (Å²) in [5.74, 6) is 1.23. The SMILES string of the molecule is COc1cc(C)c(NC(=O)CSc2nc3ccccc3o2)cc1OC. The van der Waals surface area contributed by atoms with Crippen LogP contribution in [0.4, 0.5) is 5.69 Å². The number of anilines is 1. The Kier molecular flexibility index (Phi) is 5.14. The molecular formula is C18H18N2O4S. The standard InChI is InChI=1S/C18H18N2O4S/c1-11-8-15(22-2)16(23-3)9-13(11)19-17(21)10-25-18-20-12-6-4-5-7-14(12)24-18/h4-9H,10H2,1-3H3,(H,19,21). The molecule has 1 N–H and O–H groups in total. The number of rotatable bonds is 6. The Balaban J connectivity index is 1.66. The fraction of sp³-hybridized carbons (Fsp3) is 0.222. The molecule has 6 nitrogen and oxygen atoms in total. The van der Waals surface area contributed by atoms with Crippen molar-refractivity contribution < 1.29 is 18.7 Å². The van der Waals surface area contributed by atoms with Gasteiger partial charge in [-0.05, 0) is 30.7 Å². The molecular weight excluding hydrogens is 340 g/mol. The van der Waals surface area contributed by atoms with Gasteiger partial charge in [0.05, 0.1) is 20.0 Å². The van der Waals surface area contributed by atoms with Crippen molar-refractivity contribution in [3.63, 3.8) is 0 Å². The molecule has 0 bridgehead atoms. The van der Waals surface area contributed by atoms with Gasteiger partial charge in [0.25, 0.3) is 5.22 Å². The van der Waals surface area contributed by atoms with Gasteiger partial charge in [0.1, 0.15) is 5.52 Å². The van der Waals surface area contributed by atoms with Crippen molar-refractivity contribution in [2.24, 2.45) is 0 Å². The van der Waals surface area contributed by atoms with Crippen LogP contribution in [-0.4, -0.2) is 30.9 Å². The molecule has 3 rings (SSSR count). The van der Waals surface area contributed by atoms with Gasteiger partial charge < -0.3 is 19.2 Å². The van der Waals surface area contributed by atoms with Crippen molar-refractivity contribution in [2.45, 2.75) is 12.1 Å². The van der Waals surface area contributed by atoms with Gasteiger partial charge in [-0.1, -0.05) is 23.9 Å². The highest BCUT2D eigenvalue weighted by Crippen LogP contribution is 2.33. The lowest BCUT2D eigenvalue weighted by molar-refractivity contribution is -0.113. The number of carbonyl (C=O) groups excluding carboxylic acids is 1. The number of aromatic nitrogens is 1. The average Bonchev–Trinajstić information content (AvgIpc) is 3.04. The predicted octanol–water partition coefficient (Wildman–Crippen LogP) is 3.88. The highest BCUT2D eigenvalue weighted by Gasteiger charge is 2.13. The van der Waals surface area contributed by atoms with Crippen LogP contribution in [0.2, 0.25) is 0 Å². The lowest BCUT2D eigenvalue weighted by Gasteiger charge is -2.13. The Morgan fingerprint density at radius 2 is 1.92 bits per heavy atom. The highest BCUT2D eigenvalue weighted by atomic mass is 32.2. The van der Waals surface area contributed by atoms with E-state index in [2.05, 4.69) is 10.3 Å². The van der Waals surface area contributed by atoms with E-state index in [9.17, 15) is 4.79 Å². The van der Waals surface area contributed by atoms with E-state index in [1.165, 1.54) is 11.8 Å². The molecule has 0 radical (unpaired) electrons. The van der Waals surface area contributed by atoms with Crippen molar-refractivity contribution in [1.29, 1.82) is 0 Å². The molecule has 0 aliphatic heterocycles. The minimum atomic E-state index is -0.150. The van der Waals surface area contributed by atoms with Crippen LogP contribution in [0.15, 0.2) is 46.0 Å². The third-order valence-electron chi connectivity index (χ3n) is 3.61. The van der Waals surface area contributed by atoms with Gasteiger partial charge in [0, 0.05) is 11.8 Å². The fourth-order valence-electron chi connectivity index (χ4n) is 2.34. The summed E-state index contributed by atoms with van der Waals surface area (Å²) in [7, 11) is 3.13. The molecule has 7 heteroatoms. The second kappa shape index (κ2) is 7.48. The first-order chi connectivity index (χ1) is 12.1. The number of methoxy groups -OCH3 is 2. The van der Waals surface area contributed by atoms with E-state index in [0.717, 1.165) is 11.1 Å². The number of aryl methyl sites for hydroxylation is 1. The maximum absolute atomic E-state index is 12.2. The Hall–Kier alpha value is -2.67. The maximum Gasteiger partial charge on any atom is 0.257 e. The van der Waals surface area contributed by atoms with E-state index >= 15 is 0 Å². The van der Waals surface area contributed by atoms with Gasteiger partial charge in [-0.3, -0.25) is 4.79 Å². The van der Waals surface area contributed by atoms with Crippen LogP contribution in [0, 0.1) is 6.92 Å². The Bertz CT molecular complexity index is 874. The first-order valence-corrected chi connectivity index (χ1v) is 8.60. The summed E-state index contributed by atoms with van der Waals surface area (Å²) in [6.45, 7) is 1.89. The van der Waals surface area contributed by atoms with E-state index < -0.39 is 0 Å². The first-order valence-electron chi connectivity index (χ1n) is 7.61. The molecule has 0 saturated carbocycles. The average molecular weight is 358 g/mol. The number of fused-ring (bicyclic) bond motifs is 1. The predicted molar refractivity (Wildman–Crippen MR) is 97.6 cm³/mol. The summed E-state index contributed by atoms with van der Waals surface area (Å²) in [5, 5.41) is 3.35. The van der Waals surface area contributed by atoms with Crippen LogP contribution >= 0.6 is 11.8 Å². The zero-order valence-electron chi connectivity index (χ0n) is 14.2. The lowest BCUT2D eigenvalue weighted by atomic mass is 10.1. The highest BCUT2D eigenvalue weighted by molar-refractivity contribution is 7.99. The number of nitrogens with one attached hydrogen (secondary N) is 1. The van der Waals surface area contributed by atoms with Crippen LogP contribution < -0.4 is 14.8 Å². The van der Waals surface area contributed by atoms with Crippen LogP contribution in [0.3, 0.4) is 0 Å².